The van der Waals surface area contributed by atoms with E-state index in [2.05, 4.69) is 0 Å². The van der Waals surface area contributed by atoms with Crippen molar-refractivity contribution in [3.63, 3.8) is 0 Å². The monoisotopic (exact) mass is 257 g/mol. The molecule has 0 radical (unpaired) electrons. The Kier molecular flexibility index (Phi) is 6.12. The number of amides is 1. The van der Waals surface area contributed by atoms with Gasteiger partial charge in [0.05, 0.1) is 0 Å². The summed E-state index contributed by atoms with van der Waals surface area (Å²) in [5.41, 5.74) is 0. The van der Waals surface area contributed by atoms with Gasteiger partial charge in [-0.15, -0.1) is 0 Å². The van der Waals surface area contributed by atoms with E-state index >= 15 is 0 Å². The Hall–Kier alpha value is -1.10. The zero-order valence-corrected chi connectivity index (χ0v) is 11.2. The van der Waals surface area contributed by atoms with Crippen LogP contribution in [0.3, 0.4) is 0 Å². The molecular formula is C13H23NO4. The second-order valence-electron chi connectivity index (χ2n) is 4.94. The molecular weight excluding hydrogens is 234 g/mol. The molecule has 1 amide bonds. The van der Waals surface area contributed by atoms with Crippen molar-refractivity contribution in [2.24, 2.45) is 5.92 Å². The summed E-state index contributed by atoms with van der Waals surface area (Å²) < 4.78 is 5.26. The van der Waals surface area contributed by atoms with Gasteiger partial charge in [0.2, 0.25) is 5.91 Å². The molecule has 1 aliphatic rings. The SMILES string of the molecule is CCC(C)N(CC(=O)O)C(=O)CCC1CCOC1. The molecule has 1 N–H and O–H groups in total. The van der Waals surface area contributed by atoms with Crippen LogP contribution in [0.1, 0.15) is 39.5 Å². The van der Waals surface area contributed by atoms with E-state index in [1.54, 1.807) is 0 Å². The van der Waals surface area contributed by atoms with E-state index in [9.17, 15) is 9.59 Å². The lowest BCUT2D eigenvalue weighted by Gasteiger charge is -2.27. The number of carbonyl (C=O) groups excluding carboxylic acids is 1. The molecule has 5 heteroatoms. The molecule has 0 aromatic rings. The van der Waals surface area contributed by atoms with Crippen LogP contribution in [0.2, 0.25) is 0 Å². The van der Waals surface area contributed by atoms with Crippen LogP contribution in [-0.4, -0.2) is 47.7 Å². The van der Waals surface area contributed by atoms with Gasteiger partial charge in [0, 0.05) is 25.7 Å². The highest BCUT2D eigenvalue weighted by Gasteiger charge is 2.23. The van der Waals surface area contributed by atoms with Gasteiger partial charge in [-0.25, -0.2) is 0 Å². The number of hydrogen-bond donors (Lipinski definition) is 1. The lowest BCUT2D eigenvalue weighted by atomic mass is 10.0. The number of carboxylic acid groups (broad SMARTS) is 1. The molecule has 1 fully saturated rings. The smallest absolute Gasteiger partial charge is 0.323 e. The van der Waals surface area contributed by atoms with Crippen LogP contribution in [-0.2, 0) is 14.3 Å². The van der Waals surface area contributed by atoms with Crippen molar-refractivity contribution in [1.29, 1.82) is 0 Å². The summed E-state index contributed by atoms with van der Waals surface area (Å²) >= 11 is 0. The van der Waals surface area contributed by atoms with E-state index in [0.717, 1.165) is 32.5 Å². The lowest BCUT2D eigenvalue weighted by Crippen LogP contribution is -2.41. The van der Waals surface area contributed by atoms with E-state index in [1.165, 1.54) is 4.90 Å². The highest BCUT2D eigenvalue weighted by atomic mass is 16.5. The Bertz CT molecular complexity index is 287. The number of ether oxygens (including phenoxy) is 1. The zero-order valence-electron chi connectivity index (χ0n) is 11.2. The molecule has 5 nitrogen and oxygen atoms in total. The number of hydrogen-bond acceptors (Lipinski definition) is 3. The summed E-state index contributed by atoms with van der Waals surface area (Å²) in [6.45, 7) is 5.16. The van der Waals surface area contributed by atoms with E-state index < -0.39 is 5.97 Å². The minimum absolute atomic E-state index is 0.0200. The second-order valence-corrected chi connectivity index (χ2v) is 4.94. The average molecular weight is 257 g/mol. The molecule has 2 atom stereocenters. The molecule has 0 aromatic heterocycles. The van der Waals surface area contributed by atoms with Crippen LogP contribution in [0, 0.1) is 5.92 Å². The molecule has 0 bridgehead atoms. The predicted molar refractivity (Wildman–Crippen MR) is 67.3 cm³/mol. The first-order valence-electron chi connectivity index (χ1n) is 6.63. The fourth-order valence-corrected chi connectivity index (χ4v) is 2.14. The van der Waals surface area contributed by atoms with Gasteiger partial charge in [-0.2, -0.15) is 0 Å². The van der Waals surface area contributed by atoms with E-state index in [4.69, 9.17) is 9.84 Å². The molecule has 0 aliphatic carbocycles. The van der Waals surface area contributed by atoms with Crippen LogP contribution in [0.4, 0.5) is 0 Å². The number of nitrogens with zero attached hydrogens (tertiary/aromatic N) is 1. The first kappa shape index (κ1) is 15.0. The van der Waals surface area contributed by atoms with Gasteiger partial charge in [0.25, 0.3) is 0 Å². The molecule has 0 spiro atoms. The Balaban J connectivity index is 2.44. The third kappa shape index (κ3) is 4.64. The minimum Gasteiger partial charge on any atom is -0.480 e. The molecule has 104 valence electrons. The van der Waals surface area contributed by atoms with Crippen LogP contribution in [0.25, 0.3) is 0 Å². The van der Waals surface area contributed by atoms with Gasteiger partial charge >= 0.3 is 5.97 Å². The van der Waals surface area contributed by atoms with Crippen molar-refractivity contribution >= 4 is 11.9 Å². The Labute approximate surface area is 108 Å². The van der Waals surface area contributed by atoms with Gasteiger partial charge in [0.1, 0.15) is 6.54 Å². The molecule has 1 rings (SSSR count). The maximum atomic E-state index is 12.1. The van der Waals surface area contributed by atoms with Crippen molar-refractivity contribution < 1.29 is 19.4 Å². The van der Waals surface area contributed by atoms with Gasteiger partial charge < -0.3 is 14.7 Å². The molecule has 0 saturated carbocycles. The fraction of sp³-hybridized carbons (Fsp3) is 0.846. The highest BCUT2D eigenvalue weighted by molar-refractivity contribution is 5.81. The standard InChI is InChI=1S/C13H23NO4/c1-3-10(2)14(8-13(16)17)12(15)5-4-11-6-7-18-9-11/h10-11H,3-9H2,1-2H3,(H,16,17). The number of carboxylic acids is 1. The van der Waals surface area contributed by atoms with Crippen LogP contribution in [0.5, 0.6) is 0 Å². The summed E-state index contributed by atoms with van der Waals surface area (Å²) in [4.78, 5) is 24.3. The number of carbonyl (C=O) groups is 2. The first-order valence-corrected chi connectivity index (χ1v) is 6.63. The molecule has 1 aliphatic heterocycles. The lowest BCUT2D eigenvalue weighted by molar-refractivity contribution is -0.146. The quantitative estimate of drug-likeness (QED) is 0.751. The topological polar surface area (TPSA) is 66.8 Å². The summed E-state index contributed by atoms with van der Waals surface area (Å²) in [6, 6.07) is -0.0200. The fourth-order valence-electron chi connectivity index (χ4n) is 2.14. The van der Waals surface area contributed by atoms with Crippen LogP contribution >= 0.6 is 0 Å². The average Bonchev–Trinajstić information content (AvgIpc) is 2.85. The predicted octanol–water partition coefficient (Wildman–Crippen LogP) is 1.51. The maximum Gasteiger partial charge on any atom is 0.323 e. The Morgan fingerprint density at radius 3 is 2.72 bits per heavy atom. The van der Waals surface area contributed by atoms with Crippen molar-refractivity contribution in [2.45, 2.75) is 45.6 Å². The highest BCUT2D eigenvalue weighted by Crippen LogP contribution is 2.19. The van der Waals surface area contributed by atoms with E-state index in [-0.39, 0.29) is 18.5 Å². The third-order valence-electron chi connectivity index (χ3n) is 3.54. The van der Waals surface area contributed by atoms with Gasteiger partial charge in [0.15, 0.2) is 0 Å². The van der Waals surface area contributed by atoms with E-state index in [0.29, 0.717) is 12.3 Å². The minimum atomic E-state index is -0.951. The van der Waals surface area contributed by atoms with Gasteiger partial charge in [-0.1, -0.05) is 6.92 Å². The molecule has 1 heterocycles. The van der Waals surface area contributed by atoms with Crippen molar-refractivity contribution in [3.8, 4) is 0 Å². The summed E-state index contributed by atoms with van der Waals surface area (Å²) in [5, 5.41) is 8.84. The third-order valence-corrected chi connectivity index (χ3v) is 3.54. The van der Waals surface area contributed by atoms with Crippen LogP contribution in [0.15, 0.2) is 0 Å². The summed E-state index contributed by atoms with van der Waals surface area (Å²) in [5.74, 6) is -0.552. The van der Waals surface area contributed by atoms with E-state index in [1.807, 2.05) is 13.8 Å². The molecule has 2 unspecified atom stereocenters. The Morgan fingerprint density at radius 2 is 2.22 bits per heavy atom. The van der Waals surface area contributed by atoms with Crippen molar-refractivity contribution in [2.75, 3.05) is 19.8 Å². The van der Waals surface area contributed by atoms with Gasteiger partial charge in [-0.05, 0) is 32.1 Å². The largest absolute Gasteiger partial charge is 0.480 e. The molecule has 1 saturated heterocycles. The molecule has 0 aromatic carbocycles. The second kappa shape index (κ2) is 7.36. The Morgan fingerprint density at radius 1 is 1.50 bits per heavy atom. The number of aliphatic carboxylic acids is 1. The van der Waals surface area contributed by atoms with Crippen molar-refractivity contribution in [3.05, 3.63) is 0 Å². The summed E-state index contributed by atoms with van der Waals surface area (Å²) in [6.07, 6.45) is 3.00. The normalized spacial score (nSPS) is 20.7. The maximum absolute atomic E-state index is 12.1. The van der Waals surface area contributed by atoms with Crippen molar-refractivity contribution in [1.82, 2.24) is 4.90 Å². The number of rotatable bonds is 7. The molecule has 18 heavy (non-hydrogen) atoms. The zero-order chi connectivity index (χ0) is 13.5. The summed E-state index contributed by atoms with van der Waals surface area (Å²) in [7, 11) is 0. The van der Waals surface area contributed by atoms with Gasteiger partial charge in [-0.3, -0.25) is 9.59 Å². The first-order chi connectivity index (χ1) is 8.54. The van der Waals surface area contributed by atoms with Crippen LogP contribution < -0.4 is 0 Å².